The molecule has 0 spiro atoms. The Morgan fingerprint density at radius 1 is 1.64 bits per heavy atom. The molecule has 11 heavy (non-hydrogen) atoms. The van der Waals surface area contributed by atoms with Gasteiger partial charge in [-0.1, -0.05) is 6.92 Å². The van der Waals surface area contributed by atoms with Crippen LogP contribution in [0.5, 0.6) is 0 Å². The van der Waals surface area contributed by atoms with Gasteiger partial charge in [0.2, 0.25) is 0 Å². The van der Waals surface area contributed by atoms with Gasteiger partial charge in [-0.3, -0.25) is 0 Å². The van der Waals surface area contributed by atoms with Crippen LogP contribution in [0.4, 0.5) is 0 Å². The van der Waals surface area contributed by atoms with Crippen molar-refractivity contribution in [3.8, 4) is 0 Å². The minimum Gasteiger partial charge on any atom is -0.149 e. The summed E-state index contributed by atoms with van der Waals surface area (Å²) in [7, 11) is 0. The summed E-state index contributed by atoms with van der Waals surface area (Å²) in [5.74, 6) is 0.880. The Labute approximate surface area is 72.3 Å². The first kappa shape index (κ1) is 7.35. The van der Waals surface area contributed by atoms with E-state index in [1.165, 1.54) is 25.7 Å². The fourth-order valence-electron chi connectivity index (χ4n) is 2.01. The van der Waals surface area contributed by atoms with E-state index < -0.39 is 0 Å². The van der Waals surface area contributed by atoms with Crippen molar-refractivity contribution in [3.63, 3.8) is 0 Å². The number of rotatable bonds is 1. The molecule has 0 N–H and O–H groups in total. The van der Waals surface area contributed by atoms with Crippen LogP contribution in [0.3, 0.4) is 0 Å². The normalized spacial score (nSPS) is 23.2. The lowest BCUT2D eigenvalue weighted by Gasteiger charge is -2.20. The van der Waals surface area contributed by atoms with Gasteiger partial charge in [0.25, 0.3) is 0 Å². The summed E-state index contributed by atoms with van der Waals surface area (Å²) < 4.78 is 0. The van der Waals surface area contributed by atoms with Gasteiger partial charge >= 0.3 is 0 Å². The van der Waals surface area contributed by atoms with Gasteiger partial charge in [0.1, 0.15) is 0 Å². The molecule has 0 nitrogen and oxygen atoms in total. The van der Waals surface area contributed by atoms with Crippen molar-refractivity contribution >= 4 is 11.3 Å². The van der Waals surface area contributed by atoms with Crippen molar-refractivity contribution in [1.82, 2.24) is 0 Å². The van der Waals surface area contributed by atoms with E-state index in [-0.39, 0.29) is 0 Å². The highest BCUT2D eigenvalue weighted by Crippen LogP contribution is 2.36. The second-order valence-corrected chi connectivity index (χ2v) is 4.30. The van der Waals surface area contributed by atoms with Crippen molar-refractivity contribution in [2.24, 2.45) is 0 Å². The average Bonchev–Trinajstić information content (AvgIpc) is 2.50. The number of thiophene rings is 1. The molecule has 0 aliphatic heterocycles. The maximum absolute atomic E-state index is 2.33. The van der Waals surface area contributed by atoms with E-state index >= 15 is 0 Å². The zero-order chi connectivity index (χ0) is 7.68. The Hall–Kier alpha value is -0.300. The summed E-state index contributed by atoms with van der Waals surface area (Å²) in [5.41, 5.74) is 1.66. The highest BCUT2D eigenvalue weighted by Gasteiger charge is 2.18. The maximum Gasteiger partial charge on any atom is 0.00800 e. The summed E-state index contributed by atoms with van der Waals surface area (Å²) >= 11 is 1.94. The zero-order valence-corrected chi connectivity index (χ0v) is 7.79. The van der Waals surface area contributed by atoms with Crippen LogP contribution in [0.1, 0.15) is 42.5 Å². The molecule has 60 valence electrons. The molecule has 1 aromatic rings. The van der Waals surface area contributed by atoms with E-state index in [4.69, 9.17) is 0 Å². The fourth-order valence-corrected chi connectivity index (χ4v) is 3.02. The minimum atomic E-state index is 0.880. The Kier molecular flexibility index (Phi) is 1.99. The molecule has 2 rings (SSSR count). The SMILES string of the molecule is CC[C@H]1CCCc2sccc21. The molecule has 0 saturated carbocycles. The molecule has 1 heterocycles. The molecule has 1 aliphatic carbocycles. The van der Waals surface area contributed by atoms with Crippen molar-refractivity contribution in [3.05, 3.63) is 21.9 Å². The van der Waals surface area contributed by atoms with E-state index in [9.17, 15) is 0 Å². The highest BCUT2D eigenvalue weighted by atomic mass is 32.1. The van der Waals surface area contributed by atoms with Crippen LogP contribution in [-0.2, 0) is 6.42 Å². The third-order valence-corrected chi connectivity index (χ3v) is 3.67. The molecule has 0 amide bonds. The van der Waals surface area contributed by atoms with Gasteiger partial charge < -0.3 is 0 Å². The minimum absolute atomic E-state index is 0.880. The molecule has 0 saturated heterocycles. The Balaban J connectivity index is 2.32. The Morgan fingerprint density at radius 2 is 2.55 bits per heavy atom. The van der Waals surface area contributed by atoms with Gasteiger partial charge in [0.05, 0.1) is 0 Å². The first-order valence-corrected chi connectivity index (χ1v) is 5.36. The molecule has 1 aliphatic rings. The summed E-state index contributed by atoms with van der Waals surface area (Å²) in [6.45, 7) is 2.30. The summed E-state index contributed by atoms with van der Waals surface area (Å²) in [4.78, 5) is 1.66. The van der Waals surface area contributed by atoms with Crippen LogP contribution >= 0.6 is 11.3 Å². The predicted molar refractivity (Wildman–Crippen MR) is 50.3 cm³/mol. The van der Waals surface area contributed by atoms with Crippen molar-refractivity contribution in [1.29, 1.82) is 0 Å². The molecule has 1 atom stereocenters. The average molecular weight is 166 g/mol. The smallest absolute Gasteiger partial charge is 0.00800 e. The second-order valence-electron chi connectivity index (χ2n) is 3.30. The number of hydrogen-bond donors (Lipinski definition) is 0. The fraction of sp³-hybridized carbons (Fsp3) is 0.600. The van der Waals surface area contributed by atoms with Gasteiger partial charge in [-0.05, 0) is 48.6 Å². The number of fused-ring (bicyclic) bond motifs is 1. The molecule has 0 radical (unpaired) electrons. The summed E-state index contributed by atoms with van der Waals surface area (Å²) in [5, 5.41) is 2.25. The summed E-state index contributed by atoms with van der Waals surface area (Å²) in [6, 6.07) is 2.33. The molecule has 1 aromatic heterocycles. The van der Waals surface area contributed by atoms with Crippen LogP contribution in [0.15, 0.2) is 11.4 Å². The van der Waals surface area contributed by atoms with Gasteiger partial charge in [-0.25, -0.2) is 0 Å². The van der Waals surface area contributed by atoms with Gasteiger partial charge in [-0.15, -0.1) is 11.3 Å². The maximum atomic E-state index is 2.33. The second kappa shape index (κ2) is 2.98. The highest BCUT2D eigenvalue weighted by molar-refractivity contribution is 7.10. The molecular formula is C10H14S. The lowest BCUT2D eigenvalue weighted by atomic mass is 9.86. The molecule has 0 bridgehead atoms. The van der Waals surface area contributed by atoms with E-state index in [0.717, 1.165) is 5.92 Å². The first-order valence-electron chi connectivity index (χ1n) is 4.48. The Morgan fingerprint density at radius 3 is 3.36 bits per heavy atom. The molecule has 1 heteroatoms. The van der Waals surface area contributed by atoms with Gasteiger partial charge in [-0.2, -0.15) is 0 Å². The van der Waals surface area contributed by atoms with E-state index in [1.807, 2.05) is 11.3 Å². The standard InChI is InChI=1S/C10H14S/c1-2-8-4-3-5-10-9(8)6-7-11-10/h6-8H,2-5H2,1H3/t8-/m0/s1. The van der Waals surface area contributed by atoms with Crippen molar-refractivity contribution < 1.29 is 0 Å². The third-order valence-electron chi connectivity index (χ3n) is 2.67. The number of hydrogen-bond acceptors (Lipinski definition) is 1. The van der Waals surface area contributed by atoms with E-state index in [0.29, 0.717) is 0 Å². The largest absolute Gasteiger partial charge is 0.149 e. The molecule has 0 fully saturated rings. The zero-order valence-electron chi connectivity index (χ0n) is 6.97. The quantitative estimate of drug-likeness (QED) is 0.598. The van der Waals surface area contributed by atoms with Crippen LogP contribution in [0.25, 0.3) is 0 Å². The summed E-state index contributed by atoms with van der Waals surface area (Å²) in [6.07, 6.45) is 5.49. The van der Waals surface area contributed by atoms with E-state index in [1.54, 1.807) is 10.4 Å². The monoisotopic (exact) mass is 166 g/mol. The van der Waals surface area contributed by atoms with Crippen LogP contribution in [0.2, 0.25) is 0 Å². The van der Waals surface area contributed by atoms with Crippen molar-refractivity contribution in [2.45, 2.75) is 38.5 Å². The third kappa shape index (κ3) is 1.22. The topological polar surface area (TPSA) is 0 Å². The predicted octanol–water partition coefficient (Wildman–Crippen LogP) is 3.58. The van der Waals surface area contributed by atoms with Crippen LogP contribution in [-0.4, -0.2) is 0 Å². The van der Waals surface area contributed by atoms with Gasteiger partial charge in [0.15, 0.2) is 0 Å². The lowest BCUT2D eigenvalue weighted by Crippen LogP contribution is -2.05. The Bertz CT molecular complexity index is 237. The first-order chi connectivity index (χ1) is 5.42. The lowest BCUT2D eigenvalue weighted by molar-refractivity contribution is 0.546. The number of aryl methyl sites for hydroxylation is 1. The molecular weight excluding hydrogens is 152 g/mol. The van der Waals surface area contributed by atoms with Crippen LogP contribution in [0, 0.1) is 0 Å². The van der Waals surface area contributed by atoms with Crippen LogP contribution < -0.4 is 0 Å². The molecule has 0 unspecified atom stereocenters. The van der Waals surface area contributed by atoms with Gasteiger partial charge in [0, 0.05) is 4.88 Å². The van der Waals surface area contributed by atoms with E-state index in [2.05, 4.69) is 18.4 Å². The molecule has 0 aromatic carbocycles. The van der Waals surface area contributed by atoms with Crippen molar-refractivity contribution in [2.75, 3.05) is 0 Å².